The Kier molecular flexibility index (Phi) is 4.98. The smallest absolute Gasteiger partial charge is 0.253 e. The second-order valence-corrected chi connectivity index (χ2v) is 6.79. The van der Waals surface area contributed by atoms with Gasteiger partial charge in [0.25, 0.3) is 5.91 Å². The lowest BCUT2D eigenvalue weighted by Gasteiger charge is -2.13. The van der Waals surface area contributed by atoms with Gasteiger partial charge in [-0.2, -0.15) is 5.10 Å². The fraction of sp³-hybridized carbons (Fsp3) is 0.286. The lowest BCUT2D eigenvalue weighted by molar-refractivity contribution is -0.124. The van der Waals surface area contributed by atoms with E-state index in [1.165, 1.54) is 5.56 Å². The monoisotopic (exact) mass is 362 g/mol. The molecule has 1 saturated heterocycles. The van der Waals surface area contributed by atoms with Crippen molar-refractivity contribution in [3.63, 3.8) is 0 Å². The average molecular weight is 362 g/mol. The number of anilines is 1. The molecule has 27 heavy (non-hydrogen) atoms. The number of aromatic amines is 1. The topological polar surface area (TPSA) is 79.9 Å². The van der Waals surface area contributed by atoms with Crippen LogP contribution in [-0.4, -0.2) is 33.8 Å². The summed E-state index contributed by atoms with van der Waals surface area (Å²) in [6, 6.07) is 16.0. The maximum atomic E-state index is 12.3. The molecule has 1 aromatic heterocycles. The molecule has 0 spiro atoms. The van der Waals surface area contributed by atoms with Crippen LogP contribution in [0.2, 0.25) is 0 Å². The van der Waals surface area contributed by atoms with Crippen molar-refractivity contribution in [1.82, 2.24) is 15.2 Å². The van der Waals surface area contributed by atoms with E-state index in [2.05, 4.69) is 32.6 Å². The SMILES string of the molecule is Cc1ccc(-c2n[nH]c(Cc3ccccc3)n2)cc1NC(=O)[C@H]1CCCO1. The molecule has 3 aromatic rings. The number of carbonyl (C=O) groups is 1. The van der Waals surface area contributed by atoms with Gasteiger partial charge in [-0.05, 0) is 37.0 Å². The predicted molar refractivity (Wildman–Crippen MR) is 103 cm³/mol. The first kappa shape index (κ1) is 17.4. The van der Waals surface area contributed by atoms with Crippen LogP contribution in [0.3, 0.4) is 0 Å². The third-order valence-electron chi connectivity index (χ3n) is 4.72. The molecular weight excluding hydrogens is 340 g/mol. The number of nitrogens with one attached hydrogen (secondary N) is 2. The van der Waals surface area contributed by atoms with Gasteiger partial charge in [0.15, 0.2) is 5.82 Å². The summed E-state index contributed by atoms with van der Waals surface area (Å²) in [4.78, 5) is 16.9. The molecule has 0 radical (unpaired) electrons. The highest BCUT2D eigenvalue weighted by molar-refractivity contribution is 5.95. The molecule has 1 aliphatic heterocycles. The quantitative estimate of drug-likeness (QED) is 0.728. The number of carbonyl (C=O) groups excluding carboxylic acids is 1. The Balaban J connectivity index is 1.51. The van der Waals surface area contributed by atoms with Gasteiger partial charge in [-0.1, -0.05) is 42.5 Å². The van der Waals surface area contributed by atoms with Crippen molar-refractivity contribution in [3.8, 4) is 11.4 Å². The molecule has 0 saturated carbocycles. The van der Waals surface area contributed by atoms with Gasteiger partial charge in [0.2, 0.25) is 0 Å². The molecule has 1 aliphatic rings. The largest absolute Gasteiger partial charge is 0.368 e. The Bertz CT molecular complexity index is 930. The van der Waals surface area contributed by atoms with Crippen molar-refractivity contribution < 1.29 is 9.53 Å². The Hall–Kier alpha value is -2.99. The minimum atomic E-state index is -0.353. The maximum absolute atomic E-state index is 12.3. The molecule has 138 valence electrons. The second kappa shape index (κ2) is 7.72. The zero-order valence-electron chi connectivity index (χ0n) is 15.2. The zero-order chi connectivity index (χ0) is 18.6. The number of nitrogens with zero attached hydrogens (tertiary/aromatic N) is 2. The Labute approximate surface area is 158 Å². The highest BCUT2D eigenvalue weighted by atomic mass is 16.5. The van der Waals surface area contributed by atoms with Gasteiger partial charge in [-0.25, -0.2) is 4.98 Å². The molecule has 1 atom stereocenters. The summed E-state index contributed by atoms with van der Waals surface area (Å²) in [6.45, 7) is 2.62. The van der Waals surface area contributed by atoms with Crippen LogP contribution in [0.1, 0.15) is 29.8 Å². The molecule has 2 N–H and O–H groups in total. The van der Waals surface area contributed by atoms with Gasteiger partial charge in [-0.3, -0.25) is 9.89 Å². The van der Waals surface area contributed by atoms with E-state index in [0.29, 0.717) is 18.9 Å². The average Bonchev–Trinajstić information content (AvgIpc) is 3.36. The summed E-state index contributed by atoms with van der Waals surface area (Å²) < 4.78 is 5.46. The van der Waals surface area contributed by atoms with E-state index in [-0.39, 0.29) is 12.0 Å². The zero-order valence-corrected chi connectivity index (χ0v) is 15.2. The van der Waals surface area contributed by atoms with Gasteiger partial charge >= 0.3 is 0 Å². The van der Waals surface area contributed by atoms with Gasteiger partial charge in [0, 0.05) is 24.3 Å². The van der Waals surface area contributed by atoms with E-state index >= 15 is 0 Å². The van der Waals surface area contributed by atoms with Crippen LogP contribution in [0.15, 0.2) is 48.5 Å². The first-order valence-corrected chi connectivity index (χ1v) is 9.18. The van der Waals surface area contributed by atoms with E-state index in [9.17, 15) is 4.79 Å². The van der Waals surface area contributed by atoms with Crippen LogP contribution in [0.4, 0.5) is 5.69 Å². The number of hydrogen-bond acceptors (Lipinski definition) is 4. The first-order valence-electron chi connectivity index (χ1n) is 9.18. The van der Waals surface area contributed by atoms with E-state index in [0.717, 1.165) is 35.5 Å². The van der Waals surface area contributed by atoms with Crippen molar-refractivity contribution in [3.05, 3.63) is 65.5 Å². The molecule has 6 nitrogen and oxygen atoms in total. The maximum Gasteiger partial charge on any atom is 0.253 e. The van der Waals surface area contributed by atoms with Crippen molar-refractivity contribution in [2.24, 2.45) is 0 Å². The van der Waals surface area contributed by atoms with Crippen LogP contribution >= 0.6 is 0 Å². The van der Waals surface area contributed by atoms with Crippen LogP contribution < -0.4 is 5.32 Å². The van der Waals surface area contributed by atoms with Gasteiger partial charge in [0.1, 0.15) is 11.9 Å². The van der Waals surface area contributed by atoms with Crippen molar-refractivity contribution in [1.29, 1.82) is 0 Å². The standard InChI is InChI=1S/C21H22N4O2/c1-14-9-10-16(13-17(14)22-21(26)18-8-5-11-27-18)20-23-19(24-25-20)12-15-6-3-2-4-7-15/h2-4,6-7,9-10,13,18H,5,8,11-12H2,1H3,(H,22,26)(H,23,24,25)/t18-/m1/s1. The number of aromatic nitrogens is 3. The Morgan fingerprint density at radius 3 is 2.89 bits per heavy atom. The molecular formula is C21H22N4O2. The van der Waals surface area contributed by atoms with Crippen molar-refractivity contribution in [2.75, 3.05) is 11.9 Å². The lowest BCUT2D eigenvalue weighted by atomic mass is 10.1. The molecule has 0 bridgehead atoms. The summed E-state index contributed by atoms with van der Waals surface area (Å²) in [5.74, 6) is 1.34. The Morgan fingerprint density at radius 1 is 1.26 bits per heavy atom. The van der Waals surface area contributed by atoms with E-state index in [4.69, 9.17) is 4.74 Å². The van der Waals surface area contributed by atoms with Gasteiger partial charge in [0.05, 0.1) is 0 Å². The molecule has 1 amide bonds. The second-order valence-electron chi connectivity index (χ2n) is 6.79. The normalized spacial score (nSPS) is 16.4. The van der Waals surface area contributed by atoms with E-state index in [1.807, 2.05) is 43.3 Å². The molecule has 4 rings (SSSR count). The minimum absolute atomic E-state index is 0.0903. The highest BCUT2D eigenvalue weighted by Gasteiger charge is 2.24. The van der Waals surface area contributed by atoms with E-state index < -0.39 is 0 Å². The van der Waals surface area contributed by atoms with Crippen molar-refractivity contribution >= 4 is 11.6 Å². The predicted octanol–water partition coefficient (Wildman–Crippen LogP) is 3.49. The summed E-state index contributed by atoms with van der Waals surface area (Å²) >= 11 is 0. The number of rotatable bonds is 5. The first-order chi connectivity index (χ1) is 13.2. The number of aryl methyl sites for hydroxylation is 1. The summed E-state index contributed by atoms with van der Waals surface area (Å²) in [5.41, 5.74) is 3.79. The third-order valence-corrected chi connectivity index (χ3v) is 4.72. The lowest BCUT2D eigenvalue weighted by Crippen LogP contribution is -2.27. The van der Waals surface area contributed by atoms with E-state index in [1.54, 1.807) is 0 Å². The fourth-order valence-electron chi connectivity index (χ4n) is 3.19. The summed E-state index contributed by atoms with van der Waals surface area (Å²) in [6.07, 6.45) is 2.05. The summed E-state index contributed by atoms with van der Waals surface area (Å²) in [7, 11) is 0. The number of H-pyrrole nitrogens is 1. The number of hydrogen-bond donors (Lipinski definition) is 2. The molecule has 2 heterocycles. The minimum Gasteiger partial charge on any atom is -0.368 e. The van der Waals surface area contributed by atoms with Gasteiger partial charge < -0.3 is 10.1 Å². The van der Waals surface area contributed by atoms with Crippen molar-refractivity contribution in [2.45, 2.75) is 32.3 Å². The molecule has 0 unspecified atom stereocenters. The molecule has 6 heteroatoms. The van der Waals surface area contributed by atoms with Crippen LogP contribution in [0.5, 0.6) is 0 Å². The third kappa shape index (κ3) is 4.06. The number of ether oxygens (including phenoxy) is 1. The van der Waals surface area contributed by atoms with Crippen LogP contribution in [0.25, 0.3) is 11.4 Å². The molecule has 0 aliphatic carbocycles. The summed E-state index contributed by atoms with van der Waals surface area (Å²) in [5, 5.41) is 10.3. The van der Waals surface area contributed by atoms with Crippen LogP contribution in [-0.2, 0) is 16.0 Å². The number of benzene rings is 2. The highest BCUT2D eigenvalue weighted by Crippen LogP contribution is 2.24. The Morgan fingerprint density at radius 2 is 2.11 bits per heavy atom. The molecule has 1 fully saturated rings. The number of amides is 1. The fourth-order valence-corrected chi connectivity index (χ4v) is 3.19. The van der Waals surface area contributed by atoms with Crippen LogP contribution in [0, 0.1) is 6.92 Å². The molecule has 2 aromatic carbocycles. The van der Waals surface area contributed by atoms with Gasteiger partial charge in [-0.15, -0.1) is 0 Å².